The highest BCUT2D eigenvalue weighted by molar-refractivity contribution is 6.32. The summed E-state index contributed by atoms with van der Waals surface area (Å²) in [5.74, 6) is 2.18. The van der Waals surface area contributed by atoms with Gasteiger partial charge in [0.1, 0.15) is 23.5 Å². The fourth-order valence-electron chi connectivity index (χ4n) is 3.45. The largest absolute Gasteiger partial charge is 0.495 e. The SMILES string of the molecule is COc1cc(CO)c(-c2cn3cnc(N4CC[C@H](C)C4)cc3n2)cc1Cl. The fourth-order valence-corrected chi connectivity index (χ4v) is 3.69. The number of hydrogen-bond donors (Lipinski definition) is 1. The lowest BCUT2D eigenvalue weighted by Gasteiger charge is -2.16. The number of imidazole rings is 1. The lowest BCUT2D eigenvalue weighted by molar-refractivity contribution is 0.281. The lowest BCUT2D eigenvalue weighted by atomic mass is 10.1. The molecule has 0 radical (unpaired) electrons. The number of hydrogen-bond acceptors (Lipinski definition) is 5. The monoisotopic (exact) mass is 372 g/mol. The van der Waals surface area contributed by atoms with Gasteiger partial charge in [-0.1, -0.05) is 18.5 Å². The van der Waals surface area contributed by atoms with Crippen molar-refractivity contribution in [1.29, 1.82) is 0 Å². The Kier molecular flexibility index (Phi) is 4.46. The van der Waals surface area contributed by atoms with Crippen LogP contribution in [-0.4, -0.2) is 39.7 Å². The molecule has 2 aromatic heterocycles. The minimum atomic E-state index is -0.119. The van der Waals surface area contributed by atoms with E-state index < -0.39 is 0 Å². The van der Waals surface area contributed by atoms with Crippen molar-refractivity contribution in [2.75, 3.05) is 25.1 Å². The Bertz CT molecular complexity index is 956. The molecule has 26 heavy (non-hydrogen) atoms. The van der Waals surface area contributed by atoms with E-state index in [1.807, 2.05) is 16.7 Å². The number of benzene rings is 1. The van der Waals surface area contributed by atoms with Crippen molar-refractivity contribution in [2.45, 2.75) is 20.0 Å². The number of nitrogens with zero attached hydrogens (tertiary/aromatic N) is 4. The summed E-state index contributed by atoms with van der Waals surface area (Å²) in [5.41, 5.74) is 3.07. The van der Waals surface area contributed by atoms with Gasteiger partial charge < -0.3 is 14.7 Å². The summed E-state index contributed by atoms with van der Waals surface area (Å²) < 4.78 is 7.12. The maximum atomic E-state index is 9.73. The average Bonchev–Trinajstić information content (AvgIpc) is 3.26. The minimum absolute atomic E-state index is 0.119. The smallest absolute Gasteiger partial charge is 0.142 e. The maximum absolute atomic E-state index is 9.73. The normalized spacial score (nSPS) is 17.2. The number of aliphatic hydroxyl groups excluding tert-OH is 1. The molecule has 0 bridgehead atoms. The zero-order chi connectivity index (χ0) is 18.3. The Morgan fingerprint density at radius 1 is 1.35 bits per heavy atom. The van der Waals surface area contributed by atoms with Gasteiger partial charge in [0.2, 0.25) is 0 Å². The molecule has 7 heteroatoms. The molecule has 0 saturated carbocycles. The number of halogens is 1. The molecule has 1 saturated heterocycles. The molecular weight excluding hydrogens is 352 g/mol. The van der Waals surface area contributed by atoms with Crippen molar-refractivity contribution in [3.63, 3.8) is 0 Å². The van der Waals surface area contributed by atoms with E-state index in [-0.39, 0.29) is 6.61 Å². The van der Waals surface area contributed by atoms with E-state index in [2.05, 4.69) is 16.8 Å². The topological polar surface area (TPSA) is 62.9 Å². The van der Waals surface area contributed by atoms with Gasteiger partial charge in [0.05, 0.1) is 24.4 Å². The second kappa shape index (κ2) is 6.78. The molecule has 1 N–H and O–H groups in total. The summed E-state index contributed by atoms with van der Waals surface area (Å²) >= 11 is 6.27. The molecule has 0 aliphatic carbocycles. The predicted octanol–water partition coefficient (Wildman–Crippen LogP) is 3.40. The standard InChI is InChI=1S/C19H21ClN4O2/c1-12-3-4-23(8-12)18-7-19-22-16(9-24(19)11-21-18)14-6-15(20)17(26-2)5-13(14)10-25/h5-7,9,11-12,25H,3-4,8,10H2,1-2H3/t12-/m0/s1. The van der Waals surface area contributed by atoms with Gasteiger partial charge in [0.15, 0.2) is 0 Å². The second-order valence-corrected chi connectivity index (χ2v) is 7.19. The van der Waals surface area contributed by atoms with E-state index in [1.54, 1.807) is 25.6 Å². The molecule has 0 amide bonds. The average molecular weight is 373 g/mol. The van der Waals surface area contributed by atoms with Crippen LogP contribution in [0.25, 0.3) is 16.9 Å². The summed E-state index contributed by atoms with van der Waals surface area (Å²) in [6.45, 7) is 4.20. The highest BCUT2D eigenvalue weighted by Crippen LogP contribution is 2.34. The van der Waals surface area contributed by atoms with Crippen molar-refractivity contribution < 1.29 is 9.84 Å². The van der Waals surface area contributed by atoms with Crippen molar-refractivity contribution in [2.24, 2.45) is 5.92 Å². The third-order valence-electron chi connectivity index (χ3n) is 4.91. The van der Waals surface area contributed by atoms with E-state index in [4.69, 9.17) is 21.3 Å². The molecule has 1 aliphatic heterocycles. The molecule has 0 spiro atoms. The number of methoxy groups -OCH3 is 1. The van der Waals surface area contributed by atoms with Crippen molar-refractivity contribution in [3.05, 3.63) is 41.3 Å². The molecule has 1 fully saturated rings. The number of aliphatic hydroxyl groups is 1. The third kappa shape index (κ3) is 2.99. The van der Waals surface area contributed by atoms with Crippen LogP contribution in [0.2, 0.25) is 5.02 Å². The van der Waals surface area contributed by atoms with Crippen LogP contribution in [0.3, 0.4) is 0 Å². The first-order valence-corrected chi connectivity index (χ1v) is 9.04. The summed E-state index contributed by atoms with van der Waals surface area (Å²) in [6.07, 6.45) is 4.88. The Balaban J connectivity index is 1.75. The maximum Gasteiger partial charge on any atom is 0.142 e. The van der Waals surface area contributed by atoms with Gasteiger partial charge in [-0.05, 0) is 30.0 Å². The van der Waals surface area contributed by atoms with E-state index in [9.17, 15) is 5.11 Å². The quantitative estimate of drug-likeness (QED) is 0.760. The van der Waals surface area contributed by atoms with Crippen LogP contribution < -0.4 is 9.64 Å². The van der Waals surface area contributed by atoms with Gasteiger partial charge in [0.25, 0.3) is 0 Å². The first-order chi connectivity index (χ1) is 12.6. The van der Waals surface area contributed by atoms with Crippen LogP contribution in [0.5, 0.6) is 5.75 Å². The Morgan fingerprint density at radius 3 is 2.88 bits per heavy atom. The molecular formula is C19H21ClN4O2. The summed E-state index contributed by atoms with van der Waals surface area (Å²) in [5, 5.41) is 10.2. The first-order valence-electron chi connectivity index (χ1n) is 8.66. The van der Waals surface area contributed by atoms with E-state index in [0.717, 1.165) is 41.4 Å². The van der Waals surface area contributed by atoms with E-state index >= 15 is 0 Å². The summed E-state index contributed by atoms with van der Waals surface area (Å²) in [4.78, 5) is 11.6. The minimum Gasteiger partial charge on any atom is -0.495 e. The summed E-state index contributed by atoms with van der Waals surface area (Å²) in [6, 6.07) is 5.53. The molecule has 136 valence electrons. The molecule has 4 rings (SSSR count). The second-order valence-electron chi connectivity index (χ2n) is 6.78. The fraction of sp³-hybridized carbons (Fsp3) is 0.368. The van der Waals surface area contributed by atoms with E-state index in [0.29, 0.717) is 16.7 Å². The third-order valence-corrected chi connectivity index (χ3v) is 5.20. The molecule has 1 atom stereocenters. The van der Waals surface area contributed by atoms with Crippen LogP contribution in [0.1, 0.15) is 18.9 Å². The number of anilines is 1. The van der Waals surface area contributed by atoms with Gasteiger partial charge in [-0.3, -0.25) is 4.40 Å². The summed E-state index contributed by atoms with van der Waals surface area (Å²) in [7, 11) is 1.55. The Morgan fingerprint density at radius 2 is 2.19 bits per heavy atom. The van der Waals surface area contributed by atoms with Gasteiger partial charge in [-0.2, -0.15) is 0 Å². The Hall–Kier alpha value is -2.31. The van der Waals surface area contributed by atoms with Crippen LogP contribution >= 0.6 is 11.6 Å². The molecule has 3 heterocycles. The number of aromatic nitrogens is 3. The first kappa shape index (κ1) is 17.1. The van der Waals surface area contributed by atoms with Gasteiger partial charge >= 0.3 is 0 Å². The van der Waals surface area contributed by atoms with Crippen LogP contribution in [0, 0.1) is 5.92 Å². The van der Waals surface area contributed by atoms with Crippen molar-refractivity contribution in [3.8, 4) is 17.0 Å². The number of ether oxygens (including phenoxy) is 1. The zero-order valence-electron chi connectivity index (χ0n) is 14.8. The molecule has 1 aliphatic rings. The van der Waals surface area contributed by atoms with Gasteiger partial charge in [-0.25, -0.2) is 9.97 Å². The zero-order valence-corrected chi connectivity index (χ0v) is 15.6. The predicted molar refractivity (Wildman–Crippen MR) is 102 cm³/mol. The highest BCUT2D eigenvalue weighted by atomic mass is 35.5. The van der Waals surface area contributed by atoms with Crippen LogP contribution in [0.4, 0.5) is 5.82 Å². The van der Waals surface area contributed by atoms with Crippen molar-refractivity contribution >= 4 is 23.1 Å². The Labute approximate surface area is 157 Å². The van der Waals surface area contributed by atoms with Gasteiger partial charge in [-0.15, -0.1) is 0 Å². The van der Waals surface area contributed by atoms with E-state index in [1.165, 1.54) is 6.42 Å². The van der Waals surface area contributed by atoms with Gasteiger partial charge in [0, 0.05) is 30.9 Å². The number of fused-ring (bicyclic) bond motifs is 1. The molecule has 6 nitrogen and oxygen atoms in total. The number of rotatable bonds is 4. The molecule has 0 unspecified atom stereocenters. The van der Waals surface area contributed by atoms with Crippen molar-refractivity contribution in [1.82, 2.24) is 14.4 Å². The molecule has 1 aromatic carbocycles. The highest BCUT2D eigenvalue weighted by Gasteiger charge is 2.20. The lowest BCUT2D eigenvalue weighted by Crippen LogP contribution is -2.20. The van der Waals surface area contributed by atoms with Crippen LogP contribution in [-0.2, 0) is 6.61 Å². The van der Waals surface area contributed by atoms with Crippen LogP contribution in [0.15, 0.2) is 30.7 Å². The molecule has 3 aromatic rings.